The summed E-state index contributed by atoms with van der Waals surface area (Å²) in [4.78, 5) is 13.5. The van der Waals surface area contributed by atoms with Crippen LogP contribution in [0, 0.1) is 13.8 Å². The van der Waals surface area contributed by atoms with Gasteiger partial charge in [0.2, 0.25) is 0 Å². The zero-order valence-electron chi connectivity index (χ0n) is 17.7. The lowest BCUT2D eigenvalue weighted by Crippen LogP contribution is -2.26. The maximum absolute atomic E-state index is 13.0. The van der Waals surface area contributed by atoms with Crippen molar-refractivity contribution >= 4 is 60.3 Å². The number of hydrogen-bond donors (Lipinski definition) is 1. The molecule has 164 valence electrons. The quantitative estimate of drug-likeness (QED) is 0.364. The molecule has 3 aromatic carbocycles. The summed E-state index contributed by atoms with van der Waals surface area (Å²) in [6, 6.07) is 19.1. The van der Waals surface area contributed by atoms with E-state index in [-0.39, 0.29) is 10.8 Å². The maximum Gasteiger partial charge on any atom is 0.265 e. The molecule has 1 N–H and O–H groups in total. The van der Waals surface area contributed by atoms with Crippen LogP contribution in [0.1, 0.15) is 20.8 Å². The van der Waals surface area contributed by atoms with E-state index in [1.165, 1.54) is 34.8 Å². The number of halogens is 1. The number of thiophene rings is 1. The molecule has 0 radical (unpaired) electrons. The summed E-state index contributed by atoms with van der Waals surface area (Å²) in [7, 11) is -2.23. The van der Waals surface area contributed by atoms with Crippen LogP contribution < -0.4 is 9.62 Å². The number of amides is 1. The molecule has 0 unspecified atom stereocenters. The number of hydrogen-bond acceptors (Lipinski definition) is 4. The normalized spacial score (nSPS) is 11.5. The van der Waals surface area contributed by atoms with Crippen molar-refractivity contribution in [3.63, 3.8) is 0 Å². The van der Waals surface area contributed by atoms with Gasteiger partial charge in [0.1, 0.15) is 0 Å². The molecule has 0 saturated heterocycles. The lowest BCUT2D eigenvalue weighted by molar-refractivity contribution is 0.103. The Labute approximate surface area is 196 Å². The van der Waals surface area contributed by atoms with Gasteiger partial charge in [-0.1, -0.05) is 17.7 Å². The Morgan fingerprint density at radius 3 is 2.25 bits per heavy atom. The van der Waals surface area contributed by atoms with Gasteiger partial charge in [0.05, 0.1) is 15.5 Å². The summed E-state index contributed by atoms with van der Waals surface area (Å²) in [5.41, 5.74) is 3.41. The van der Waals surface area contributed by atoms with Gasteiger partial charge in [-0.15, -0.1) is 11.3 Å². The Bertz CT molecular complexity index is 1410. The Morgan fingerprint density at radius 2 is 1.59 bits per heavy atom. The number of carbonyl (C=O) groups is 1. The van der Waals surface area contributed by atoms with Crippen LogP contribution in [-0.4, -0.2) is 21.4 Å². The van der Waals surface area contributed by atoms with Gasteiger partial charge in [-0.05, 0) is 91.0 Å². The summed E-state index contributed by atoms with van der Waals surface area (Å²) in [5.74, 6) is -0.195. The molecule has 0 aliphatic heterocycles. The van der Waals surface area contributed by atoms with Crippen molar-refractivity contribution in [2.24, 2.45) is 0 Å². The molecule has 5 nitrogen and oxygen atoms in total. The molecule has 1 aromatic heterocycles. The summed E-state index contributed by atoms with van der Waals surface area (Å²) in [6.07, 6.45) is 0. The van der Waals surface area contributed by atoms with E-state index in [1.807, 2.05) is 38.1 Å². The molecule has 0 saturated carbocycles. The fourth-order valence-electron chi connectivity index (χ4n) is 3.48. The molecule has 32 heavy (non-hydrogen) atoms. The second kappa shape index (κ2) is 8.58. The van der Waals surface area contributed by atoms with Crippen LogP contribution in [0.25, 0.3) is 10.1 Å². The molecule has 0 atom stereocenters. The molecule has 0 bridgehead atoms. The van der Waals surface area contributed by atoms with E-state index in [0.717, 1.165) is 26.9 Å². The highest BCUT2D eigenvalue weighted by Crippen LogP contribution is 2.32. The fraction of sp³-hybridized carbons (Fsp3) is 0.125. The second-order valence-corrected chi connectivity index (χ2v) is 11.1. The predicted molar refractivity (Wildman–Crippen MR) is 133 cm³/mol. The van der Waals surface area contributed by atoms with Gasteiger partial charge in [0.15, 0.2) is 0 Å². The van der Waals surface area contributed by atoms with Crippen LogP contribution in [0.15, 0.2) is 71.6 Å². The van der Waals surface area contributed by atoms with E-state index in [1.54, 1.807) is 30.3 Å². The lowest BCUT2D eigenvalue weighted by Gasteiger charge is -2.19. The first kappa shape index (κ1) is 22.3. The van der Waals surface area contributed by atoms with Crippen molar-refractivity contribution in [1.29, 1.82) is 0 Å². The average Bonchev–Trinajstić information content (AvgIpc) is 3.16. The molecule has 0 aliphatic rings. The minimum absolute atomic E-state index is 0.156. The smallest absolute Gasteiger partial charge is 0.265 e. The van der Waals surface area contributed by atoms with E-state index >= 15 is 0 Å². The number of nitrogens with one attached hydrogen (secondary N) is 1. The van der Waals surface area contributed by atoms with Crippen molar-refractivity contribution in [3.05, 3.63) is 87.8 Å². The number of anilines is 2. The van der Waals surface area contributed by atoms with Gasteiger partial charge in [-0.2, -0.15) is 0 Å². The summed E-state index contributed by atoms with van der Waals surface area (Å²) >= 11 is 7.24. The minimum atomic E-state index is -3.74. The van der Waals surface area contributed by atoms with E-state index in [9.17, 15) is 13.2 Å². The predicted octanol–water partition coefficient (Wildman–Crippen LogP) is 6.25. The van der Waals surface area contributed by atoms with Gasteiger partial charge >= 0.3 is 0 Å². The Balaban J connectivity index is 1.61. The molecule has 0 aliphatic carbocycles. The number of sulfonamides is 1. The van der Waals surface area contributed by atoms with E-state index in [2.05, 4.69) is 5.32 Å². The standard InChI is InChI=1S/C24H21ClN2O3S2/c1-15-10-16(2)12-19(11-15)26-24(28)23-14-17-13-20(6-9-22(17)31-23)27(3)32(29,30)21-7-4-18(25)5-8-21/h4-14H,1-3H3,(H,26,28). The lowest BCUT2D eigenvalue weighted by atomic mass is 10.1. The monoisotopic (exact) mass is 484 g/mol. The molecular weight excluding hydrogens is 464 g/mol. The second-order valence-electron chi connectivity index (χ2n) is 7.59. The van der Waals surface area contributed by atoms with Crippen molar-refractivity contribution in [1.82, 2.24) is 0 Å². The number of aryl methyl sites for hydroxylation is 2. The van der Waals surface area contributed by atoms with Crippen LogP contribution in [0.3, 0.4) is 0 Å². The first-order chi connectivity index (χ1) is 15.1. The molecular formula is C24H21ClN2O3S2. The number of nitrogens with zero attached hydrogens (tertiary/aromatic N) is 1. The van der Waals surface area contributed by atoms with Crippen molar-refractivity contribution in [3.8, 4) is 0 Å². The van der Waals surface area contributed by atoms with Gasteiger partial charge in [0, 0.05) is 22.5 Å². The highest BCUT2D eigenvalue weighted by Gasteiger charge is 2.22. The third-order valence-corrected chi connectivity index (χ3v) is 8.21. The summed E-state index contributed by atoms with van der Waals surface area (Å²) in [6.45, 7) is 3.97. The molecule has 1 heterocycles. The third kappa shape index (κ3) is 4.50. The first-order valence-electron chi connectivity index (χ1n) is 9.81. The molecule has 8 heteroatoms. The molecule has 1 amide bonds. The number of fused-ring (bicyclic) bond motifs is 1. The van der Waals surface area contributed by atoms with E-state index < -0.39 is 10.0 Å². The van der Waals surface area contributed by atoms with Crippen LogP contribution in [0.4, 0.5) is 11.4 Å². The first-order valence-corrected chi connectivity index (χ1v) is 12.4. The topological polar surface area (TPSA) is 66.5 Å². The van der Waals surface area contributed by atoms with Gasteiger partial charge in [0.25, 0.3) is 15.9 Å². The van der Waals surface area contributed by atoms with Gasteiger partial charge < -0.3 is 5.32 Å². The van der Waals surface area contributed by atoms with Crippen LogP contribution in [-0.2, 0) is 10.0 Å². The third-order valence-electron chi connectivity index (χ3n) is 5.04. The largest absolute Gasteiger partial charge is 0.321 e. The number of benzene rings is 3. The zero-order chi connectivity index (χ0) is 23.0. The Morgan fingerprint density at radius 1 is 0.938 bits per heavy atom. The SMILES string of the molecule is Cc1cc(C)cc(NC(=O)c2cc3cc(N(C)S(=O)(=O)c4ccc(Cl)cc4)ccc3s2)c1. The van der Waals surface area contributed by atoms with Crippen LogP contribution in [0.2, 0.25) is 5.02 Å². The fourth-order valence-corrected chi connectivity index (χ4v) is 5.73. The van der Waals surface area contributed by atoms with Crippen LogP contribution >= 0.6 is 22.9 Å². The summed E-state index contributed by atoms with van der Waals surface area (Å²) in [5, 5.41) is 4.22. The molecule has 4 rings (SSSR count). The Hall–Kier alpha value is -2.87. The maximum atomic E-state index is 13.0. The summed E-state index contributed by atoms with van der Waals surface area (Å²) < 4.78 is 28.1. The highest BCUT2D eigenvalue weighted by molar-refractivity contribution is 7.92. The molecule has 0 spiro atoms. The van der Waals surface area contributed by atoms with E-state index in [0.29, 0.717) is 15.6 Å². The zero-order valence-corrected chi connectivity index (χ0v) is 20.1. The van der Waals surface area contributed by atoms with E-state index in [4.69, 9.17) is 11.6 Å². The van der Waals surface area contributed by atoms with Crippen molar-refractivity contribution in [2.75, 3.05) is 16.7 Å². The van der Waals surface area contributed by atoms with Gasteiger partial charge in [-0.3, -0.25) is 9.10 Å². The Kier molecular flexibility index (Phi) is 5.99. The molecule has 4 aromatic rings. The van der Waals surface area contributed by atoms with Crippen molar-refractivity contribution < 1.29 is 13.2 Å². The van der Waals surface area contributed by atoms with Crippen LogP contribution in [0.5, 0.6) is 0 Å². The molecule has 0 fully saturated rings. The number of rotatable bonds is 5. The van der Waals surface area contributed by atoms with Gasteiger partial charge in [-0.25, -0.2) is 8.42 Å². The van der Waals surface area contributed by atoms with Crippen molar-refractivity contribution in [2.45, 2.75) is 18.7 Å². The average molecular weight is 485 g/mol. The highest BCUT2D eigenvalue weighted by atomic mass is 35.5. The minimum Gasteiger partial charge on any atom is -0.321 e. The number of carbonyl (C=O) groups excluding carboxylic acids is 1.